The zero-order valence-electron chi connectivity index (χ0n) is 13.1. The summed E-state index contributed by atoms with van der Waals surface area (Å²) in [5.74, 6) is 6.66. The molecule has 0 aliphatic carbocycles. The largest absolute Gasteiger partial charge is 0.463 e. The van der Waals surface area contributed by atoms with Crippen LogP contribution >= 0.6 is 0 Å². The quantitative estimate of drug-likeness (QED) is 0.320. The molecule has 1 aromatic rings. The van der Waals surface area contributed by atoms with E-state index >= 15 is 0 Å². The maximum absolute atomic E-state index is 5.51. The number of nitrogen functional groups attached to an aromatic ring is 1. The number of rotatable bonds is 11. The second kappa shape index (κ2) is 10.1. The number of nitrogens with one attached hydrogen (secondary N) is 2. The van der Waals surface area contributed by atoms with Gasteiger partial charge in [-0.15, -0.1) is 0 Å². The molecule has 0 saturated heterocycles. The fourth-order valence-corrected chi connectivity index (χ4v) is 1.41. The first-order chi connectivity index (χ1) is 10.2. The minimum atomic E-state index is 0.253. The summed E-state index contributed by atoms with van der Waals surface area (Å²) in [4.78, 5) is 12.3. The van der Waals surface area contributed by atoms with Crippen molar-refractivity contribution < 1.29 is 9.47 Å². The number of hydrogen-bond acceptors (Lipinski definition) is 8. The zero-order chi connectivity index (χ0) is 15.5. The molecular weight excluding hydrogens is 272 g/mol. The predicted octanol–water partition coefficient (Wildman–Crippen LogP) is 1.42. The van der Waals surface area contributed by atoms with Gasteiger partial charge in [-0.3, -0.25) is 5.43 Å². The van der Waals surface area contributed by atoms with Crippen LogP contribution < -0.4 is 21.3 Å². The number of ether oxygens (including phenoxy) is 2. The molecule has 1 heterocycles. The van der Waals surface area contributed by atoms with Crippen LogP contribution in [-0.4, -0.2) is 41.3 Å². The van der Waals surface area contributed by atoms with E-state index in [-0.39, 0.29) is 12.0 Å². The first kappa shape index (κ1) is 17.4. The Bertz CT molecular complexity index is 402. The summed E-state index contributed by atoms with van der Waals surface area (Å²) in [7, 11) is 0. The van der Waals surface area contributed by atoms with Crippen LogP contribution in [0.4, 0.5) is 11.9 Å². The van der Waals surface area contributed by atoms with Crippen molar-refractivity contribution >= 4 is 11.9 Å². The lowest BCUT2D eigenvalue weighted by molar-refractivity contribution is 0.132. The second-order valence-corrected chi connectivity index (χ2v) is 4.98. The van der Waals surface area contributed by atoms with Crippen LogP contribution in [0.5, 0.6) is 6.01 Å². The van der Waals surface area contributed by atoms with Gasteiger partial charge in [0.1, 0.15) is 0 Å². The van der Waals surface area contributed by atoms with Gasteiger partial charge in [0, 0.05) is 13.2 Å². The molecule has 0 aliphatic heterocycles. The van der Waals surface area contributed by atoms with Crippen molar-refractivity contribution in [1.29, 1.82) is 0 Å². The minimum absolute atomic E-state index is 0.253. The molecule has 0 fully saturated rings. The molecule has 0 spiro atoms. The Morgan fingerprint density at radius 3 is 2.52 bits per heavy atom. The lowest BCUT2D eigenvalue weighted by atomic mass is 10.1. The predicted molar refractivity (Wildman–Crippen MR) is 82.2 cm³/mol. The van der Waals surface area contributed by atoms with Crippen LogP contribution in [0.25, 0.3) is 0 Å². The Kier molecular flexibility index (Phi) is 8.37. The maximum Gasteiger partial charge on any atom is 0.323 e. The van der Waals surface area contributed by atoms with E-state index in [1.807, 2.05) is 6.92 Å². The first-order valence-electron chi connectivity index (χ1n) is 7.32. The van der Waals surface area contributed by atoms with E-state index in [0.717, 1.165) is 19.4 Å². The van der Waals surface area contributed by atoms with Crippen molar-refractivity contribution in [1.82, 2.24) is 15.0 Å². The highest BCUT2D eigenvalue weighted by molar-refractivity contribution is 5.34. The van der Waals surface area contributed by atoms with Gasteiger partial charge in [-0.1, -0.05) is 20.8 Å². The van der Waals surface area contributed by atoms with E-state index in [2.05, 4.69) is 39.5 Å². The molecule has 8 nitrogen and oxygen atoms in total. The molecule has 0 aliphatic rings. The number of hydrogen-bond donors (Lipinski definition) is 3. The van der Waals surface area contributed by atoms with E-state index in [0.29, 0.717) is 31.6 Å². The molecule has 1 rings (SSSR count). The molecule has 4 N–H and O–H groups in total. The Labute approximate surface area is 125 Å². The maximum atomic E-state index is 5.51. The van der Waals surface area contributed by atoms with Gasteiger partial charge in [0.2, 0.25) is 11.9 Å². The lowest BCUT2D eigenvalue weighted by Gasteiger charge is -2.09. The number of nitrogens with two attached hydrogens (primary N) is 1. The van der Waals surface area contributed by atoms with Gasteiger partial charge in [0.15, 0.2) is 0 Å². The first-order valence-corrected chi connectivity index (χ1v) is 7.32. The third-order valence-corrected chi connectivity index (χ3v) is 2.55. The van der Waals surface area contributed by atoms with Crippen molar-refractivity contribution in [2.75, 3.05) is 37.1 Å². The standard InChI is InChI=1S/C13H26N6O2/c1-4-7-21-13-17-11(16-12(18-13)19-14)15-6-9-20-8-5-10(2)3/h10H,4-9,14H2,1-3H3,(H2,15,16,17,18,19). The lowest BCUT2D eigenvalue weighted by Crippen LogP contribution is -2.17. The summed E-state index contributed by atoms with van der Waals surface area (Å²) in [5.41, 5.74) is 2.39. The summed E-state index contributed by atoms with van der Waals surface area (Å²) in [6.45, 7) is 8.87. The number of nitrogens with zero attached hydrogens (tertiary/aromatic N) is 3. The smallest absolute Gasteiger partial charge is 0.323 e. The van der Waals surface area contributed by atoms with Crippen LogP contribution in [0.2, 0.25) is 0 Å². The Hall–Kier alpha value is -1.67. The molecule has 0 amide bonds. The Morgan fingerprint density at radius 1 is 1.10 bits per heavy atom. The molecule has 1 aromatic heterocycles. The molecule has 120 valence electrons. The van der Waals surface area contributed by atoms with Crippen LogP contribution in [0.15, 0.2) is 0 Å². The summed E-state index contributed by atoms with van der Waals surface area (Å²) in [6.07, 6.45) is 1.94. The normalized spacial score (nSPS) is 10.7. The summed E-state index contributed by atoms with van der Waals surface area (Å²) < 4.78 is 10.9. The van der Waals surface area contributed by atoms with E-state index in [1.165, 1.54) is 0 Å². The van der Waals surface area contributed by atoms with Crippen molar-refractivity contribution in [3.05, 3.63) is 0 Å². The molecule has 0 bridgehead atoms. The Balaban J connectivity index is 2.39. The average Bonchev–Trinajstić information content (AvgIpc) is 2.48. The molecule has 21 heavy (non-hydrogen) atoms. The van der Waals surface area contributed by atoms with Gasteiger partial charge < -0.3 is 14.8 Å². The van der Waals surface area contributed by atoms with Gasteiger partial charge in [0.25, 0.3) is 0 Å². The van der Waals surface area contributed by atoms with Crippen LogP contribution in [0.1, 0.15) is 33.6 Å². The third kappa shape index (κ3) is 7.62. The Morgan fingerprint density at radius 2 is 1.86 bits per heavy atom. The fraction of sp³-hybridized carbons (Fsp3) is 0.769. The summed E-state index contributed by atoms with van der Waals surface area (Å²) >= 11 is 0. The zero-order valence-corrected chi connectivity index (χ0v) is 13.1. The van der Waals surface area contributed by atoms with E-state index in [4.69, 9.17) is 15.3 Å². The molecule has 0 radical (unpaired) electrons. The SMILES string of the molecule is CCCOc1nc(NN)nc(NCCOCCC(C)C)n1. The fourth-order valence-electron chi connectivity index (χ4n) is 1.41. The molecule has 0 unspecified atom stereocenters. The minimum Gasteiger partial charge on any atom is -0.463 e. The van der Waals surface area contributed by atoms with Crippen molar-refractivity contribution in [2.24, 2.45) is 11.8 Å². The molecule has 0 aromatic carbocycles. The second-order valence-electron chi connectivity index (χ2n) is 4.98. The van der Waals surface area contributed by atoms with Crippen LogP contribution in [-0.2, 0) is 4.74 Å². The number of anilines is 2. The van der Waals surface area contributed by atoms with Gasteiger partial charge >= 0.3 is 6.01 Å². The third-order valence-electron chi connectivity index (χ3n) is 2.55. The van der Waals surface area contributed by atoms with Crippen molar-refractivity contribution in [3.63, 3.8) is 0 Å². The topological polar surface area (TPSA) is 107 Å². The number of hydrazine groups is 1. The average molecular weight is 298 g/mol. The van der Waals surface area contributed by atoms with Crippen molar-refractivity contribution in [3.8, 4) is 6.01 Å². The van der Waals surface area contributed by atoms with E-state index in [1.54, 1.807) is 0 Å². The summed E-state index contributed by atoms with van der Waals surface area (Å²) in [5, 5.41) is 3.06. The monoisotopic (exact) mass is 298 g/mol. The van der Waals surface area contributed by atoms with Gasteiger partial charge in [-0.05, 0) is 18.8 Å². The van der Waals surface area contributed by atoms with Gasteiger partial charge in [0.05, 0.1) is 13.2 Å². The molecular formula is C13H26N6O2. The van der Waals surface area contributed by atoms with E-state index in [9.17, 15) is 0 Å². The van der Waals surface area contributed by atoms with Gasteiger partial charge in [-0.25, -0.2) is 5.84 Å². The van der Waals surface area contributed by atoms with Crippen molar-refractivity contribution in [2.45, 2.75) is 33.6 Å². The molecule has 8 heteroatoms. The highest BCUT2D eigenvalue weighted by Gasteiger charge is 2.06. The van der Waals surface area contributed by atoms with E-state index < -0.39 is 0 Å². The molecule has 0 atom stereocenters. The highest BCUT2D eigenvalue weighted by Crippen LogP contribution is 2.10. The van der Waals surface area contributed by atoms with Crippen LogP contribution in [0, 0.1) is 5.92 Å². The molecule has 0 saturated carbocycles. The highest BCUT2D eigenvalue weighted by atomic mass is 16.5. The van der Waals surface area contributed by atoms with Crippen LogP contribution in [0.3, 0.4) is 0 Å². The number of aromatic nitrogens is 3. The van der Waals surface area contributed by atoms with Gasteiger partial charge in [-0.2, -0.15) is 15.0 Å². The summed E-state index contributed by atoms with van der Waals surface area (Å²) in [6, 6.07) is 0.253.